The van der Waals surface area contributed by atoms with Gasteiger partial charge in [0, 0.05) is 5.02 Å². The second kappa shape index (κ2) is 12.1. The van der Waals surface area contributed by atoms with Crippen molar-refractivity contribution in [1.82, 2.24) is 5.32 Å². The standard InChI is InChI=1S/C28H23Cl2N3O7/c1-15-8-9-17(29)13-21(15)33-27(36)18(26(35)32-28(33)37)10-16-11-19(30)25(23(12-16)39-3)40-14-24(34)31-20-6-4-5-7-22(20)38-2/h4-13H,14H2,1-3H3,(H,31,34)(H,32,35,37)/b18-10+. The Hall–Kier alpha value is -4.54. The number of hydrogen-bond donors (Lipinski definition) is 2. The summed E-state index contributed by atoms with van der Waals surface area (Å²) in [4.78, 5) is 51.8. The van der Waals surface area contributed by atoms with Gasteiger partial charge in [-0.05, 0) is 60.5 Å². The molecule has 5 amide bonds. The molecular formula is C28H23Cl2N3O7. The predicted octanol–water partition coefficient (Wildman–Crippen LogP) is 5.00. The number of methoxy groups -OCH3 is 2. The summed E-state index contributed by atoms with van der Waals surface area (Å²) in [6.07, 6.45) is 1.27. The summed E-state index contributed by atoms with van der Waals surface area (Å²) in [6, 6.07) is 13.6. The summed E-state index contributed by atoms with van der Waals surface area (Å²) in [5.74, 6) is -1.49. The van der Waals surface area contributed by atoms with E-state index in [4.69, 9.17) is 37.4 Å². The van der Waals surface area contributed by atoms with Crippen LogP contribution in [0.1, 0.15) is 11.1 Å². The van der Waals surface area contributed by atoms with E-state index >= 15 is 0 Å². The second-order valence-corrected chi connectivity index (χ2v) is 9.30. The van der Waals surface area contributed by atoms with Gasteiger partial charge in [-0.25, -0.2) is 9.69 Å². The SMILES string of the molecule is COc1ccccc1NC(=O)COc1c(Cl)cc(/C=C2\C(=O)NC(=O)N(c3cc(Cl)ccc3C)C2=O)cc1OC. The highest BCUT2D eigenvalue weighted by Crippen LogP contribution is 2.37. The molecule has 10 nitrogen and oxygen atoms in total. The zero-order valence-corrected chi connectivity index (χ0v) is 23.1. The smallest absolute Gasteiger partial charge is 0.335 e. The van der Waals surface area contributed by atoms with E-state index in [9.17, 15) is 19.2 Å². The van der Waals surface area contributed by atoms with Gasteiger partial charge in [0.15, 0.2) is 18.1 Å². The first-order chi connectivity index (χ1) is 19.1. The van der Waals surface area contributed by atoms with Gasteiger partial charge >= 0.3 is 6.03 Å². The maximum Gasteiger partial charge on any atom is 0.335 e. The van der Waals surface area contributed by atoms with Crippen LogP contribution in [0.2, 0.25) is 10.0 Å². The molecule has 3 aromatic rings. The molecule has 1 aliphatic rings. The van der Waals surface area contributed by atoms with Gasteiger partial charge in [0.2, 0.25) is 0 Å². The van der Waals surface area contributed by atoms with Gasteiger partial charge in [0.1, 0.15) is 11.3 Å². The van der Waals surface area contributed by atoms with E-state index in [1.165, 1.54) is 38.5 Å². The summed E-state index contributed by atoms with van der Waals surface area (Å²) in [7, 11) is 2.85. The number of benzene rings is 3. The number of anilines is 2. The van der Waals surface area contributed by atoms with Crippen molar-refractivity contribution in [3.63, 3.8) is 0 Å². The highest BCUT2D eigenvalue weighted by atomic mass is 35.5. The number of nitrogens with zero attached hydrogens (tertiary/aromatic N) is 1. The van der Waals surface area contributed by atoms with Crippen molar-refractivity contribution in [2.45, 2.75) is 6.92 Å². The Morgan fingerprint density at radius 3 is 2.45 bits per heavy atom. The van der Waals surface area contributed by atoms with Crippen LogP contribution in [0.3, 0.4) is 0 Å². The van der Waals surface area contributed by atoms with Crippen molar-refractivity contribution < 1.29 is 33.4 Å². The maximum absolute atomic E-state index is 13.3. The van der Waals surface area contributed by atoms with Crippen LogP contribution in [0.4, 0.5) is 16.2 Å². The number of ether oxygens (including phenoxy) is 3. The molecule has 3 aromatic carbocycles. The zero-order chi connectivity index (χ0) is 29.0. The molecule has 2 N–H and O–H groups in total. The molecule has 0 atom stereocenters. The monoisotopic (exact) mass is 583 g/mol. The molecule has 1 aliphatic heterocycles. The Balaban J connectivity index is 1.58. The highest BCUT2D eigenvalue weighted by Gasteiger charge is 2.37. The number of amides is 5. The predicted molar refractivity (Wildman–Crippen MR) is 150 cm³/mol. The van der Waals surface area contributed by atoms with Crippen molar-refractivity contribution in [3.05, 3.63) is 81.3 Å². The van der Waals surface area contributed by atoms with Crippen LogP contribution in [0.15, 0.2) is 60.2 Å². The first-order valence-corrected chi connectivity index (χ1v) is 12.5. The Morgan fingerprint density at radius 1 is 1.00 bits per heavy atom. The lowest BCUT2D eigenvalue weighted by Gasteiger charge is -2.27. The third kappa shape index (κ3) is 6.03. The number of carbonyl (C=O) groups is 4. The molecule has 1 saturated heterocycles. The average Bonchev–Trinajstić information content (AvgIpc) is 2.92. The van der Waals surface area contributed by atoms with E-state index in [-0.39, 0.29) is 27.8 Å². The first kappa shape index (κ1) is 28.5. The highest BCUT2D eigenvalue weighted by molar-refractivity contribution is 6.40. The number of nitrogens with one attached hydrogen (secondary N) is 2. The van der Waals surface area contributed by atoms with Gasteiger partial charge in [-0.2, -0.15) is 0 Å². The molecule has 40 heavy (non-hydrogen) atoms. The molecule has 0 bridgehead atoms. The van der Waals surface area contributed by atoms with Crippen LogP contribution in [0.25, 0.3) is 6.08 Å². The van der Waals surface area contributed by atoms with E-state index in [0.29, 0.717) is 27.6 Å². The molecule has 0 aliphatic carbocycles. The number of carbonyl (C=O) groups excluding carboxylic acids is 4. The van der Waals surface area contributed by atoms with Gasteiger partial charge < -0.3 is 19.5 Å². The number of rotatable bonds is 8. The largest absolute Gasteiger partial charge is 0.495 e. The second-order valence-electron chi connectivity index (χ2n) is 8.46. The fraction of sp³-hybridized carbons (Fsp3) is 0.143. The Morgan fingerprint density at radius 2 is 1.73 bits per heavy atom. The van der Waals surface area contributed by atoms with Crippen molar-refractivity contribution >= 4 is 64.4 Å². The fourth-order valence-electron chi connectivity index (χ4n) is 3.90. The van der Waals surface area contributed by atoms with E-state index in [2.05, 4.69) is 10.6 Å². The van der Waals surface area contributed by atoms with Crippen molar-refractivity contribution in [1.29, 1.82) is 0 Å². The first-order valence-electron chi connectivity index (χ1n) is 11.7. The maximum atomic E-state index is 13.3. The summed E-state index contributed by atoms with van der Waals surface area (Å²) >= 11 is 12.5. The Kier molecular flexibility index (Phi) is 8.61. The lowest BCUT2D eigenvalue weighted by Crippen LogP contribution is -2.54. The third-order valence-corrected chi connectivity index (χ3v) is 6.32. The Labute approximate surface area is 239 Å². The van der Waals surface area contributed by atoms with Crippen LogP contribution < -0.4 is 29.7 Å². The quantitative estimate of drug-likeness (QED) is 0.282. The number of hydrogen-bond acceptors (Lipinski definition) is 7. The summed E-state index contributed by atoms with van der Waals surface area (Å²) < 4.78 is 16.2. The summed E-state index contributed by atoms with van der Waals surface area (Å²) in [6.45, 7) is 1.30. The number of barbiturate groups is 1. The van der Waals surface area contributed by atoms with Crippen LogP contribution in [-0.4, -0.2) is 44.6 Å². The van der Waals surface area contributed by atoms with Gasteiger partial charge in [-0.15, -0.1) is 0 Å². The molecule has 0 unspecified atom stereocenters. The zero-order valence-electron chi connectivity index (χ0n) is 21.5. The molecule has 0 aromatic heterocycles. The normalized spacial score (nSPS) is 14.2. The van der Waals surface area contributed by atoms with E-state index in [1.807, 2.05) is 0 Å². The molecule has 0 saturated carbocycles. The number of para-hydroxylation sites is 2. The molecule has 12 heteroatoms. The minimum Gasteiger partial charge on any atom is -0.495 e. The van der Waals surface area contributed by atoms with E-state index in [0.717, 1.165) is 4.90 Å². The third-order valence-electron chi connectivity index (χ3n) is 5.81. The van der Waals surface area contributed by atoms with Crippen molar-refractivity contribution in [3.8, 4) is 17.2 Å². The summed E-state index contributed by atoms with van der Waals surface area (Å²) in [5.41, 5.74) is 1.29. The van der Waals surface area contributed by atoms with Crippen LogP contribution >= 0.6 is 23.2 Å². The minimum atomic E-state index is -0.900. The number of halogens is 2. The van der Waals surface area contributed by atoms with E-state index in [1.54, 1.807) is 43.3 Å². The Bertz CT molecular complexity index is 1550. The average molecular weight is 584 g/mol. The van der Waals surface area contributed by atoms with E-state index < -0.39 is 30.4 Å². The van der Waals surface area contributed by atoms with Crippen LogP contribution in [-0.2, 0) is 14.4 Å². The van der Waals surface area contributed by atoms with Gasteiger partial charge in [-0.1, -0.05) is 41.4 Å². The van der Waals surface area contributed by atoms with Gasteiger partial charge in [0.05, 0.1) is 30.6 Å². The minimum absolute atomic E-state index is 0.0542. The molecule has 206 valence electrons. The van der Waals surface area contributed by atoms with Gasteiger partial charge in [-0.3, -0.25) is 19.7 Å². The molecule has 0 spiro atoms. The lowest BCUT2D eigenvalue weighted by molar-refractivity contribution is -0.122. The van der Waals surface area contributed by atoms with Crippen LogP contribution in [0.5, 0.6) is 17.2 Å². The lowest BCUT2D eigenvalue weighted by atomic mass is 10.1. The molecule has 1 heterocycles. The number of imide groups is 2. The molecular weight excluding hydrogens is 561 g/mol. The number of aryl methyl sites for hydroxylation is 1. The van der Waals surface area contributed by atoms with Crippen molar-refractivity contribution in [2.24, 2.45) is 0 Å². The molecule has 0 radical (unpaired) electrons. The molecule has 1 fully saturated rings. The molecule has 4 rings (SSSR count). The number of urea groups is 1. The van der Waals surface area contributed by atoms with Crippen molar-refractivity contribution in [2.75, 3.05) is 31.0 Å². The van der Waals surface area contributed by atoms with Crippen LogP contribution in [0, 0.1) is 6.92 Å². The topological polar surface area (TPSA) is 123 Å². The fourth-order valence-corrected chi connectivity index (χ4v) is 4.34. The summed E-state index contributed by atoms with van der Waals surface area (Å²) in [5, 5.41) is 5.22. The van der Waals surface area contributed by atoms with Gasteiger partial charge in [0.25, 0.3) is 17.7 Å².